The lowest BCUT2D eigenvalue weighted by Crippen LogP contribution is -2.34. The van der Waals surface area contributed by atoms with E-state index in [1.54, 1.807) is 22.7 Å². The summed E-state index contributed by atoms with van der Waals surface area (Å²) in [5, 5.41) is 6.29. The van der Waals surface area contributed by atoms with Gasteiger partial charge in [0.05, 0.1) is 12.2 Å². The van der Waals surface area contributed by atoms with Gasteiger partial charge in [-0.3, -0.25) is 9.20 Å². The zero-order valence-electron chi connectivity index (χ0n) is 17.6. The molecule has 3 rings (SSSR count). The third-order valence-electron chi connectivity index (χ3n) is 4.45. The number of carbonyl (C=O) groups is 2. The number of alkyl carbamates (subject to hydrolysis) is 1. The van der Waals surface area contributed by atoms with Gasteiger partial charge in [0.15, 0.2) is 0 Å². The maximum absolute atomic E-state index is 12.8. The second-order valence-electron chi connectivity index (χ2n) is 8.11. The number of benzene rings is 1. The maximum atomic E-state index is 12.8. The van der Waals surface area contributed by atoms with E-state index in [2.05, 4.69) is 15.6 Å². The van der Waals surface area contributed by atoms with Crippen molar-refractivity contribution in [1.29, 1.82) is 0 Å². The summed E-state index contributed by atoms with van der Waals surface area (Å²) in [7, 11) is 0. The summed E-state index contributed by atoms with van der Waals surface area (Å²) in [6, 6.07) is 8.73. The van der Waals surface area contributed by atoms with Crippen LogP contribution in [0, 0.1) is 6.92 Å². The summed E-state index contributed by atoms with van der Waals surface area (Å²) < 4.78 is 6.98. The van der Waals surface area contributed by atoms with Crippen LogP contribution in [0.25, 0.3) is 5.65 Å². The minimum absolute atomic E-state index is 0.294. The van der Waals surface area contributed by atoms with Crippen LogP contribution in [0.5, 0.6) is 0 Å². The van der Waals surface area contributed by atoms with Crippen molar-refractivity contribution in [3.63, 3.8) is 0 Å². The molecule has 30 heavy (non-hydrogen) atoms. The van der Waals surface area contributed by atoms with Gasteiger partial charge in [-0.2, -0.15) is 0 Å². The number of nitrogens with zero attached hydrogens (tertiary/aromatic N) is 2. The summed E-state index contributed by atoms with van der Waals surface area (Å²) in [5.74, 6) is -0.294. The van der Waals surface area contributed by atoms with Crippen LogP contribution in [-0.4, -0.2) is 27.0 Å². The van der Waals surface area contributed by atoms with Crippen LogP contribution in [0.2, 0.25) is 5.02 Å². The second-order valence-corrected chi connectivity index (χ2v) is 8.55. The maximum Gasteiger partial charge on any atom is 0.408 e. The van der Waals surface area contributed by atoms with Crippen LogP contribution in [-0.2, 0) is 4.74 Å². The van der Waals surface area contributed by atoms with Crippen LogP contribution in [0.4, 0.5) is 10.5 Å². The topological polar surface area (TPSA) is 84.7 Å². The molecule has 158 valence electrons. The molecule has 0 aliphatic carbocycles. The van der Waals surface area contributed by atoms with Crippen LogP contribution >= 0.6 is 11.6 Å². The highest BCUT2D eigenvalue weighted by molar-refractivity contribution is 6.30. The number of rotatable bonds is 4. The zero-order valence-corrected chi connectivity index (χ0v) is 18.4. The number of aryl methyl sites for hydroxylation is 1. The van der Waals surface area contributed by atoms with Gasteiger partial charge in [-0.25, -0.2) is 9.78 Å². The molecule has 0 spiro atoms. The summed E-state index contributed by atoms with van der Waals surface area (Å²) >= 11 is 5.98. The number of ether oxygens (including phenoxy) is 1. The molecular formula is C22H25ClN4O3. The molecule has 0 fully saturated rings. The van der Waals surface area contributed by atoms with E-state index in [0.717, 1.165) is 11.1 Å². The molecule has 0 aliphatic heterocycles. The smallest absolute Gasteiger partial charge is 0.408 e. The summed E-state index contributed by atoms with van der Waals surface area (Å²) in [5.41, 5.74) is 2.80. The summed E-state index contributed by atoms with van der Waals surface area (Å²) in [4.78, 5) is 29.1. The molecule has 0 bridgehead atoms. The van der Waals surface area contributed by atoms with Crippen LogP contribution in [0.1, 0.15) is 55.4 Å². The van der Waals surface area contributed by atoms with Crippen molar-refractivity contribution in [2.75, 3.05) is 5.32 Å². The molecule has 0 unspecified atom stereocenters. The molecule has 0 saturated heterocycles. The molecule has 7 nitrogen and oxygen atoms in total. The molecule has 3 aromatic rings. The predicted molar refractivity (Wildman–Crippen MR) is 117 cm³/mol. The van der Waals surface area contributed by atoms with E-state index in [1.807, 2.05) is 52.8 Å². The Kier molecular flexibility index (Phi) is 6.03. The molecule has 2 N–H and O–H groups in total. The molecule has 2 amide bonds. The van der Waals surface area contributed by atoms with Crippen molar-refractivity contribution in [1.82, 2.24) is 14.7 Å². The van der Waals surface area contributed by atoms with Gasteiger partial charge in [0, 0.05) is 23.0 Å². The largest absolute Gasteiger partial charge is 0.444 e. The number of amides is 2. The van der Waals surface area contributed by atoms with Gasteiger partial charge >= 0.3 is 6.09 Å². The average molecular weight is 429 g/mol. The van der Waals surface area contributed by atoms with E-state index in [1.165, 1.54) is 6.20 Å². The highest BCUT2D eigenvalue weighted by Gasteiger charge is 2.19. The number of pyridine rings is 1. The van der Waals surface area contributed by atoms with Crippen LogP contribution in [0.3, 0.4) is 0 Å². The van der Waals surface area contributed by atoms with Gasteiger partial charge in [-0.1, -0.05) is 23.7 Å². The van der Waals surface area contributed by atoms with Crippen molar-refractivity contribution in [3.8, 4) is 0 Å². The highest BCUT2D eigenvalue weighted by Crippen LogP contribution is 2.23. The fourth-order valence-electron chi connectivity index (χ4n) is 2.92. The lowest BCUT2D eigenvalue weighted by atomic mass is 10.0. The standard InChI is InChI=1S/C22H25ClN4O3/c1-13-6-7-15(14(2)25-21(29)30-22(3,4)5)10-17(13)26-20(28)18-12-24-19-11-16(23)8-9-27(18)19/h6-12,14H,1-5H3,(H,25,29)(H,26,28)/t14-/m0/s1. The Labute approximate surface area is 180 Å². The van der Waals surface area contributed by atoms with E-state index in [9.17, 15) is 9.59 Å². The second kappa shape index (κ2) is 8.36. The average Bonchev–Trinajstić information content (AvgIpc) is 3.04. The number of fused-ring (bicyclic) bond motifs is 1. The molecule has 8 heteroatoms. The molecule has 2 heterocycles. The number of carbonyl (C=O) groups excluding carboxylic acids is 2. The van der Waals surface area contributed by atoms with Gasteiger partial charge in [-0.05, 0) is 57.9 Å². The first-order chi connectivity index (χ1) is 14.0. The first-order valence-electron chi connectivity index (χ1n) is 9.57. The number of imidazole rings is 1. The number of halogens is 1. The summed E-state index contributed by atoms with van der Waals surface area (Å²) in [6.07, 6.45) is 2.72. The van der Waals surface area contributed by atoms with Crippen molar-refractivity contribution in [2.45, 2.75) is 46.3 Å². The van der Waals surface area contributed by atoms with E-state index < -0.39 is 11.7 Å². The normalized spacial score (nSPS) is 12.5. The minimum atomic E-state index is -0.575. The Morgan fingerprint density at radius 3 is 2.63 bits per heavy atom. The van der Waals surface area contributed by atoms with Gasteiger partial charge < -0.3 is 15.4 Å². The fraction of sp³-hybridized carbons (Fsp3) is 0.318. The van der Waals surface area contributed by atoms with Crippen LogP contribution < -0.4 is 10.6 Å². The SMILES string of the molecule is Cc1ccc([C@H](C)NC(=O)OC(C)(C)C)cc1NC(=O)c1cnc2cc(Cl)ccn12. The molecule has 0 radical (unpaired) electrons. The van der Waals surface area contributed by atoms with Crippen molar-refractivity contribution in [2.24, 2.45) is 0 Å². The lowest BCUT2D eigenvalue weighted by molar-refractivity contribution is 0.0507. The third-order valence-corrected chi connectivity index (χ3v) is 4.69. The molecule has 1 atom stereocenters. The Bertz CT molecular complexity index is 1100. The molecule has 0 aliphatic rings. The van der Waals surface area contributed by atoms with E-state index in [-0.39, 0.29) is 11.9 Å². The third kappa shape index (κ3) is 5.10. The number of aromatic nitrogens is 2. The van der Waals surface area contributed by atoms with Crippen molar-refractivity contribution >= 4 is 34.9 Å². The molecule has 2 aromatic heterocycles. The molecule has 0 saturated carbocycles. The van der Waals surface area contributed by atoms with Gasteiger partial charge in [-0.15, -0.1) is 0 Å². The first kappa shape index (κ1) is 21.6. The van der Waals surface area contributed by atoms with Crippen LogP contribution in [0.15, 0.2) is 42.7 Å². The number of hydrogen-bond acceptors (Lipinski definition) is 4. The number of nitrogens with one attached hydrogen (secondary N) is 2. The van der Waals surface area contributed by atoms with Crippen molar-refractivity contribution < 1.29 is 14.3 Å². The predicted octanol–water partition coefficient (Wildman–Crippen LogP) is 5.13. The van der Waals surface area contributed by atoms with Gasteiger partial charge in [0.1, 0.15) is 16.9 Å². The Morgan fingerprint density at radius 2 is 1.93 bits per heavy atom. The van der Waals surface area contributed by atoms with E-state index >= 15 is 0 Å². The zero-order chi connectivity index (χ0) is 22.1. The minimum Gasteiger partial charge on any atom is -0.444 e. The summed E-state index contributed by atoms with van der Waals surface area (Å²) in [6.45, 7) is 9.19. The van der Waals surface area contributed by atoms with E-state index in [0.29, 0.717) is 22.1 Å². The van der Waals surface area contributed by atoms with Crippen molar-refractivity contribution in [3.05, 3.63) is 64.6 Å². The quantitative estimate of drug-likeness (QED) is 0.603. The number of anilines is 1. The molecule has 1 aromatic carbocycles. The van der Waals surface area contributed by atoms with Gasteiger partial charge in [0.25, 0.3) is 5.91 Å². The highest BCUT2D eigenvalue weighted by atomic mass is 35.5. The van der Waals surface area contributed by atoms with E-state index in [4.69, 9.17) is 16.3 Å². The molecular weight excluding hydrogens is 404 g/mol. The Morgan fingerprint density at radius 1 is 1.20 bits per heavy atom. The Balaban J connectivity index is 1.78. The Hall–Kier alpha value is -3.06. The monoisotopic (exact) mass is 428 g/mol. The first-order valence-corrected chi connectivity index (χ1v) is 9.95. The van der Waals surface area contributed by atoms with Gasteiger partial charge in [0.2, 0.25) is 0 Å². The number of hydrogen-bond donors (Lipinski definition) is 2. The lowest BCUT2D eigenvalue weighted by Gasteiger charge is -2.22. The fourth-order valence-corrected chi connectivity index (χ4v) is 3.08.